The Labute approximate surface area is 210 Å². The van der Waals surface area contributed by atoms with Crippen molar-refractivity contribution in [2.45, 2.75) is 35.3 Å². The Bertz CT molecular complexity index is 1250. The summed E-state index contributed by atoms with van der Waals surface area (Å²) in [7, 11) is -3.63. The van der Waals surface area contributed by atoms with Crippen molar-refractivity contribution >= 4 is 45.0 Å². The molecule has 1 aliphatic heterocycles. The van der Waals surface area contributed by atoms with Crippen LogP contribution >= 0.6 is 23.4 Å². The molecule has 1 atom stereocenters. The van der Waals surface area contributed by atoms with E-state index in [2.05, 4.69) is 5.32 Å². The molecule has 0 aromatic heterocycles. The highest BCUT2D eigenvalue weighted by molar-refractivity contribution is 7.98. The Balaban J connectivity index is 1.42. The predicted molar refractivity (Wildman–Crippen MR) is 139 cm³/mol. The van der Waals surface area contributed by atoms with Crippen molar-refractivity contribution in [1.29, 1.82) is 0 Å². The fraction of sp³-hybridized carbons (Fsp3) is 0.269. The number of benzene rings is 3. The molecular formula is C26H27ClN2O3S2. The Kier molecular flexibility index (Phi) is 7.99. The quantitative estimate of drug-likeness (QED) is 0.394. The minimum absolute atomic E-state index is 0.150. The molecule has 1 heterocycles. The topological polar surface area (TPSA) is 66.5 Å². The molecular weight excluding hydrogens is 488 g/mol. The number of halogens is 1. The lowest BCUT2D eigenvalue weighted by atomic mass is 9.99. The van der Waals surface area contributed by atoms with Gasteiger partial charge in [0.05, 0.1) is 16.5 Å². The van der Waals surface area contributed by atoms with Gasteiger partial charge >= 0.3 is 0 Å². The van der Waals surface area contributed by atoms with Crippen LogP contribution in [0.4, 0.5) is 5.69 Å². The third-order valence-corrected chi connectivity index (χ3v) is 9.14. The number of anilines is 1. The van der Waals surface area contributed by atoms with Crippen LogP contribution in [0.5, 0.6) is 0 Å². The van der Waals surface area contributed by atoms with Gasteiger partial charge in [0.15, 0.2) is 0 Å². The molecule has 5 nitrogen and oxygen atoms in total. The molecule has 0 unspecified atom stereocenters. The van der Waals surface area contributed by atoms with E-state index in [9.17, 15) is 13.2 Å². The third-order valence-electron chi connectivity index (χ3n) is 5.87. The monoisotopic (exact) mass is 514 g/mol. The Morgan fingerprint density at radius 2 is 1.76 bits per heavy atom. The van der Waals surface area contributed by atoms with Crippen molar-refractivity contribution in [3.05, 3.63) is 88.9 Å². The number of nitrogens with zero attached hydrogens (tertiary/aromatic N) is 1. The summed E-state index contributed by atoms with van der Waals surface area (Å²) in [5.74, 6) is 0.197. The van der Waals surface area contributed by atoms with Crippen LogP contribution in [0.1, 0.15) is 24.0 Å². The zero-order chi connectivity index (χ0) is 24.1. The number of hydrogen-bond acceptors (Lipinski definition) is 4. The highest BCUT2D eigenvalue weighted by Crippen LogP contribution is 2.31. The Morgan fingerprint density at radius 3 is 2.50 bits per heavy atom. The molecule has 0 radical (unpaired) electrons. The number of nitrogens with one attached hydrogen (secondary N) is 1. The van der Waals surface area contributed by atoms with Crippen LogP contribution in [0.2, 0.25) is 5.02 Å². The van der Waals surface area contributed by atoms with E-state index in [1.165, 1.54) is 4.31 Å². The van der Waals surface area contributed by atoms with Gasteiger partial charge in [-0.3, -0.25) is 4.79 Å². The average Bonchev–Trinajstić information content (AvgIpc) is 2.85. The molecule has 4 rings (SSSR count). The lowest BCUT2D eigenvalue weighted by Crippen LogP contribution is -2.43. The summed E-state index contributed by atoms with van der Waals surface area (Å²) in [5, 5.41) is 3.74. The van der Waals surface area contributed by atoms with E-state index in [1.807, 2.05) is 55.5 Å². The summed E-state index contributed by atoms with van der Waals surface area (Å²) < 4.78 is 27.6. The van der Waals surface area contributed by atoms with Gasteiger partial charge in [0.25, 0.3) is 0 Å². The maximum atomic E-state index is 13.1. The lowest BCUT2D eigenvalue weighted by molar-refractivity contribution is -0.120. The lowest BCUT2D eigenvalue weighted by Gasteiger charge is -2.31. The van der Waals surface area contributed by atoms with E-state index in [-0.39, 0.29) is 17.3 Å². The van der Waals surface area contributed by atoms with Crippen LogP contribution in [0.25, 0.3) is 0 Å². The van der Waals surface area contributed by atoms with Crippen molar-refractivity contribution in [1.82, 2.24) is 4.31 Å². The number of piperidine rings is 1. The summed E-state index contributed by atoms with van der Waals surface area (Å²) in [4.78, 5) is 14.4. The molecule has 3 aromatic rings. The van der Waals surface area contributed by atoms with Gasteiger partial charge in [0.1, 0.15) is 0 Å². The summed E-state index contributed by atoms with van der Waals surface area (Å²) in [6.07, 6.45) is 1.31. The van der Waals surface area contributed by atoms with Crippen LogP contribution in [0.3, 0.4) is 0 Å². The number of rotatable bonds is 7. The smallest absolute Gasteiger partial charge is 0.243 e. The normalized spacial score (nSPS) is 16.8. The SMILES string of the molecule is Cc1ccc(S(=O)(=O)N2CCC[C@@H](C(=O)Nc3ccccc3SCc3ccc(Cl)cc3)C2)cc1. The fourth-order valence-electron chi connectivity index (χ4n) is 3.91. The van der Waals surface area contributed by atoms with Crippen LogP contribution in [0, 0.1) is 12.8 Å². The van der Waals surface area contributed by atoms with Crippen molar-refractivity contribution in [2.75, 3.05) is 18.4 Å². The maximum Gasteiger partial charge on any atom is 0.243 e. The van der Waals surface area contributed by atoms with Crippen LogP contribution < -0.4 is 5.32 Å². The molecule has 1 aliphatic rings. The standard InChI is InChI=1S/C26H27ClN2O3S2/c1-19-8-14-23(15-9-19)34(31,32)29-16-4-5-21(17-29)26(30)28-24-6-2-3-7-25(24)33-18-20-10-12-22(27)13-11-20/h2-3,6-15,21H,4-5,16-18H2,1H3,(H,28,30)/t21-/m1/s1. The Hall–Kier alpha value is -2.32. The summed E-state index contributed by atoms with van der Waals surface area (Å²) in [6, 6.07) is 22.2. The second-order valence-corrected chi connectivity index (χ2v) is 11.8. The van der Waals surface area contributed by atoms with Gasteiger partial charge < -0.3 is 5.32 Å². The number of aryl methyl sites for hydroxylation is 1. The zero-order valence-electron chi connectivity index (χ0n) is 18.9. The highest BCUT2D eigenvalue weighted by atomic mass is 35.5. The van der Waals surface area contributed by atoms with E-state index in [1.54, 1.807) is 36.0 Å². The molecule has 1 N–H and O–H groups in total. The van der Waals surface area contributed by atoms with E-state index in [0.29, 0.717) is 24.4 Å². The second-order valence-electron chi connectivity index (χ2n) is 8.42. The molecule has 0 saturated carbocycles. The molecule has 34 heavy (non-hydrogen) atoms. The molecule has 0 bridgehead atoms. The Morgan fingerprint density at radius 1 is 1.06 bits per heavy atom. The molecule has 1 amide bonds. The molecule has 1 saturated heterocycles. The number of hydrogen-bond donors (Lipinski definition) is 1. The van der Waals surface area contributed by atoms with E-state index in [4.69, 9.17) is 11.6 Å². The van der Waals surface area contributed by atoms with Crippen molar-refractivity contribution < 1.29 is 13.2 Å². The number of carbonyl (C=O) groups is 1. The van der Waals surface area contributed by atoms with E-state index in [0.717, 1.165) is 27.5 Å². The largest absolute Gasteiger partial charge is 0.325 e. The van der Waals surface area contributed by atoms with Crippen molar-refractivity contribution in [3.8, 4) is 0 Å². The first-order valence-electron chi connectivity index (χ1n) is 11.2. The summed E-state index contributed by atoms with van der Waals surface area (Å²) in [5.41, 5.74) is 2.88. The van der Waals surface area contributed by atoms with Crippen molar-refractivity contribution in [3.63, 3.8) is 0 Å². The van der Waals surface area contributed by atoms with Gasteiger partial charge in [-0.25, -0.2) is 8.42 Å². The molecule has 178 valence electrons. The zero-order valence-corrected chi connectivity index (χ0v) is 21.3. The van der Waals surface area contributed by atoms with E-state index >= 15 is 0 Å². The molecule has 0 spiro atoms. The van der Waals surface area contributed by atoms with Gasteiger partial charge in [-0.15, -0.1) is 11.8 Å². The minimum atomic E-state index is -3.63. The predicted octanol–water partition coefficient (Wildman–Crippen LogP) is 5.98. The second kappa shape index (κ2) is 11.0. The van der Waals surface area contributed by atoms with E-state index < -0.39 is 15.9 Å². The highest BCUT2D eigenvalue weighted by Gasteiger charge is 2.33. The first kappa shape index (κ1) is 24.8. The number of thioether (sulfide) groups is 1. The molecule has 1 fully saturated rings. The summed E-state index contributed by atoms with van der Waals surface area (Å²) in [6.45, 7) is 2.53. The minimum Gasteiger partial charge on any atom is -0.325 e. The van der Waals surface area contributed by atoms with Gasteiger partial charge in [-0.05, 0) is 61.7 Å². The van der Waals surface area contributed by atoms with Crippen LogP contribution in [-0.4, -0.2) is 31.7 Å². The van der Waals surface area contributed by atoms with Crippen LogP contribution in [-0.2, 0) is 20.6 Å². The first-order valence-corrected chi connectivity index (χ1v) is 14.0. The number of carbonyl (C=O) groups excluding carboxylic acids is 1. The third kappa shape index (κ3) is 6.02. The molecule has 8 heteroatoms. The number of amides is 1. The summed E-state index contributed by atoms with van der Waals surface area (Å²) >= 11 is 7.60. The fourth-order valence-corrected chi connectivity index (χ4v) is 6.52. The molecule has 3 aromatic carbocycles. The number of sulfonamides is 1. The first-order chi connectivity index (χ1) is 16.3. The van der Waals surface area contributed by atoms with Gasteiger partial charge in [0, 0.05) is 28.8 Å². The van der Waals surface area contributed by atoms with Gasteiger partial charge in [-0.1, -0.05) is 53.6 Å². The number of para-hydroxylation sites is 1. The van der Waals surface area contributed by atoms with Gasteiger partial charge in [0.2, 0.25) is 15.9 Å². The maximum absolute atomic E-state index is 13.1. The average molecular weight is 515 g/mol. The van der Waals surface area contributed by atoms with Crippen molar-refractivity contribution in [2.24, 2.45) is 5.92 Å². The van der Waals surface area contributed by atoms with Crippen LogP contribution in [0.15, 0.2) is 82.6 Å². The molecule has 0 aliphatic carbocycles. The van der Waals surface area contributed by atoms with Gasteiger partial charge in [-0.2, -0.15) is 4.31 Å².